The molecule has 132 valence electrons. The minimum atomic E-state index is -0.616. The summed E-state index contributed by atoms with van der Waals surface area (Å²) in [4.78, 5) is 35.0. The third-order valence-electron chi connectivity index (χ3n) is 3.12. The SMILES string of the molecule is Cc1cc(C(=O)NCC(=O)NCCNC(=O)c2ccccc2F)no1. The van der Waals surface area contributed by atoms with E-state index < -0.39 is 23.5 Å². The van der Waals surface area contributed by atoms with Crippen LogP contribution in [0.1, 0.15) is 26.6 Å². The van der Waals surface area contributed by atoms with Crippen LogP contribution in [-0.2, 0) is 4.79 Å². The van der Waals surface area contributed by atoms with Gasteiger partial charge in [0.05, 0.1) is 12.1 Å². The van der Waals surface area contributed by atoms with Crippen molar-refractivity contribution >= 4 is 17.7 Å². The predicted molar refractivity (Wildman–Crippen MR) is 85.3 cm³/mol. The molecule has 0 saturated heterocycles. The highest BCUT2D eigenvalue weighted by atomic mass is 19.1. The summed E-state index contributed by atoms with van der Waals surface area (Å²) >= 11 is 0. The summed E-state index contributed by atoms with van der Waals surface area (Å²) in [5.74, 6) is -1.66. The molecule has 3 amide bonds. The first-order valence-corrected chi connectivity index (χ1v) is 7.48. The van der Waals surface area contributed by atoms with Crippen molar-refractivity contribution in [2.75, 3.05) is 19.6 Å². The molecule has 0 atom stereocenters. The molecule has 0 unspecified atom stereocenters. The van der Waals surface area contributed by atoms with Crippen molar-refractivity contribution in [2.24, 2.45) is 0 Å². The Morgan fingerprint density at radius 1 is 1.08 bits per heavy atom. The first-order chi connectivity index (χ1) is 12.0. The molecule has 8 nitrogen and oxygen atoms in total. The van der Waals surface area contributed by atoms with E-state index in [9.17, 15) is 18.8 Å². The Morgan fingerprint density at radius 2 is 1.80 bits per heavy atom. The Labute approximate surface area is 142 Å². The summed E-state index contributed by atoms with van der Waals surface area (Å²) in [6.07, 6.45) is 0. The monoisotopic (exact) mass is 348 g/mol. The zero-order chi connectivity index (χ0) is 18.2. The topological polar surface area (TPSA) is 113 Å². The zero-order valence-electron chi connectivity index (χ0n) is 13.5. The summed E-state index contributed by atoms with van der Waals surface area (Å²) in [7, 11) is 0. The van der Waals surface area contributed by atoms with E-state index >= 15 is 0 Å². The van der Waals surface area contributed by atoms with Gasteiger partial charge in [-0.25, -0.2) is 4.39 Å². The molecule has 0 aliphatic heterocycles. The van der Waals surface area contributed by atoms with Gasteiger partial charge < -0.3 is 20.5 Å². The van der Waals surface area contributed by atoms with Gasteiger partial charge in [0, 0.05) is 19.2 Å². The number of amides is 3. The van der Waals surface area contributed by atoms with Crippen molar-refractivity contribution in [3.8, 4) is 0 Å². The summed E-state index contributed by atoms with van der Waals surface area (Å²) in [5, 5.41) is 10.9. The van der Waals surface area contributed by atoms with E-state index in [2.05, 4.69) is 21.1 Å². The maximum Gasteiger partial charge on any atom is 0.273 e. The van der Waals surface area contributed by atoms with Crippen molar-refractivity contribution in [1.82, 2.24) is 21.1 Å². The van der Waals surface area contributed by atoms with Gasteiger partial charge in [-0.05, 0) is 19.1 Å². The first kappa shape index (κ1) is 18.1. The minimum absolute atomic E-state index is 0.0657. The number of benzene rings is 1. The highest BCUT2D eigenvalue weighted by Gasteiger charge is 2.12. The van der Waals surface area contributed by atoms with E-state index in [-0.39, 0.29) is 30.9 Å². The molecule has 0 aliphatic rings. The Hall–Kier alpha value is -3.23. The van der Waals surface area contributed by atoms with Crippen LogP contribution < -0.4 is 16.0 Å². The smallest absolute Gasteiger partial charge is 0.273 e. The number of carbonyl (C=O) groups is 3. The average molecular weight is 348 g/mol. The number of nitrogens with zero attached hydrogens (tertiary/aromatic N) is 1. The summed E-state index contributed by atoms with van der Waals surface area (Å²) in [6.45, 7) is 1.66. The van der Waals surface area contributed by atoms with Gasteiger partial charge in [-0.15, -0.1) is 0 Å². The number of aryl methyl sites for hydroxylation is 1. The van der Waals surface area contributed by atoms with E-state index in [4.69, 9.17) is 4.52 Å². The van der Waals surface area contributed by atoms with Crippen LogP contribution in [0.5, 0.6) is 0 Å². The summed E-state index contributed by atoms with van der Waals surface area (Å²) < 4.78 is 18.2. The summed E-state index contributed by atoms with van der Waals surface area (Å²) in [6, 6.07) is 7.05. The minimum Gasteiger partial charge on any atom is -0.361 e. The second-order valence-electron chi connectivity index (χ2n) is 5.09. The standard InChI is InChI=1S/C16H17FN4O4/c1-10-8-13(21-25-10)16(24)20-9-14(22)18-6-7-19-15(23)11-4-2-3-5-12(11)17/h2-5,8H,6-7,9H2,1H3,(H,18,22)(H,19,23)(H,20,24). The second-order valence-corrected chi connectivity index (χ2v) is 5.09. The molecule has 1 aromatic heterocycles. The summed E-state index contributed by atoms with van der Waals surface area (Å²) in [5.41, 5.74) is 0.0199. The van der Waals surface area contributed by atoms with E-state index in [0.717, 1.165) is 0 Å². The van der Waals surface area contributed by atoms with E-state index in [1.807, 2.05) is 0 Å². The van der Waals surface area contributed by atoms with Gasteiger partial charge in [0.1, 0.15) is 11.6 Å². The average Bonchev–Trinajstić information content (AvgIpc) is 3.03. The Balaban J connectivity index is 1.64. The lowest BCUT2D eigenvalue weighted by molar-refractivity contribution is -0.120. The van der Waals surface area contributed by atoms with Gasteiger partial charge >= 0.3 is 0 Å². The van der Waals surface area contributed by atoms with Gasteiger partial charge in [-0.2, -0.15) is 0 Å². The molecule has 0 bridgehead atoms. The molecule has 9 heteroatoms. The van der Waals surface area contributed by atoms with Crippen LogP contribution in [0.4, 0.5) is 4.39 Å². The third kappa shape index (κ3) is 5.41. The van der Waals surface area contributed by atoms with Crippen molar-refractivity contribution in [1.29, 1.82) is 0 Å². The molecule has 0 spiro atoms. The Morgan fingerprint density at radius 3 is 2.48 bits per heavy atom. The van der Waals surface area contributed by atoms with Crippen molar-refractivity contribution in [3.63, 3.8) is 0 Å². The third-order valence-corrected chi connectivity index (χ3v) is 3.12. The molecule has 3 N–H and O–H groups in total. The van der Waals surface area contributed by atoms with Crippen LogP contribution >= 0.6 is 0 Å². The molecule has 2 aromatic rings. The van der Waals surface area contributed by atoms with Crippen molar-refractivity contribution in [3.05, 3.63) is 53.2 Å². The lowest BCUT2D eigenvalue weighted by atomic mass is 10.2. The fourth-order valence-corrected chi connectivity index (χ4v) is 1.91. The normalized spacial score (nSPS) is 10.2. The number of halogens is 1. The van der Waals surface area contributed by atoms with Crippen LogP contribution in [0.3, 0.4) is 0 Å². The number of hydrogen-bond acceptors (Lipinski definition) is 5. The lowest BCUT2D eigenvalue weighted by Gasteiger charge is -2.08. The molecule has 2 rings (SSSR count). The molecular formula is C16H17FN4O4. The number of aromatic nitrogens is 1. The molecule has 1 heterocycles. The molecule has 0 aliphatic carbocycles. The van der Waals surface area contributed by atoms with E-state index in [1.54, 1.807) is 13.0 Å². The molecule has 0 fully saturated rings. The zero-order valence-corrected chi connectivity index (χ0v) is 13.5. The number of rotatable bonds is 7. The fraction of sp³-hybridized carbons (Fsp3) is 0.250. The largest absolute Gasteiger partial charge is 0.361 e. The molecule has 0 saturated carbocycles. The van der Waals surface area contributed by atoms with E-state index in [0.29, 0.717) is 5.76 Å². The molecule has 25 heavy (non-hydrogen) atoms. The number of carbonyl (C=O) groups excluding carboxylic acids is 3. The number of nitrogens with one attached hydrogen (secondary N) is 3. The van der Waals surface area contributed by atoms with Crippen LogP contribution in [0.25, 0.3) is 0 Å². The van der Waals surface area contributed by atoms with Crippen LogP contribution in [0.15, 0.2) is 34.9 Å². The quantitative estimate of drug-likeness (QED) is 0.627. The predicted octanol–water partition coefficient (Wildman–Crippen LogP) is 0.398. The van der Waals surface area contributed by atoms with Crippen molar-refractivity contribution < 1.29 is 23.3 Å². The Kier molecular flexibility index (Phi) is 6.21. The molecule has 1 aromatic carbocycles. The van der Waals surface area contributed by atoms with E-state index in [1.165, 1.54) is 24.3 Å². The van der Waals surface area contributed by atoms with Crippen LogP contribution in [-0.4, -0.2) is 42.5 Å². The highest BCUT2D eigenvalue weighted by Crippen LogP contribution is 2.05. The molecular weight excluding hydrogens is 331 g/mol. The maximum absolute atomic E-state index is 13.4. The highest BCUT2D eigenvalue weighted by molar-refractivity contribution is 5.95. The van der Waals surface area contributed by atoms with Crippen LogP contribution in [0.2, 0.25) is 0 Å². The van der Waals surface area contributed by atoms with Gasteiger partial charge in [0.25, 0.3) is 11.8 Å². The van der Waals surface area contributed by atoms with Crippen LogP contribution in [0, 0.1) is 12.7 Å². The molecule has 0 radical (unpaired) electrons. The van der Waals surface area contributed by atoms with Gasteiger partial charge in [-0.1, -0.05) is 17.3 Å². The van der Waals surface area contributed by atoms with Crippen molar-refractivity contribution in [2.45, 2.75) is 6.92 Å². The Bertz CT molecular complexity index is 775. The second kappa shape index (κ2) is 8.57. The first-order valence-electron chi connectivity index (χ1n) is 7.48. The van der Waals surface area contributed by atoms with Gasteiger partial charge in [-0.3, -0.25) is 14.4 Å². The lowest BCUT2D eigenvalue weighted by Crippen LogP contribution is -2.40. The van der Waals surface area contributed by atoms with Gasteiger partial charge in [0.2, 0.25) is 5.91 Å². The van der Waals surface area contributed by atoms with Gasteiger partial charge in [0.15, 0.2) is 5.69 Å². The fourth-order valence-electron chi connectivity index (χ4n) is 1.91. The maximum atomic E-state index is 13.4. The number of hydrogen-bond donors (Lipinski definition) is 3.